The van der Waals surface area contributed by atoms with E-state index in [4.69, 9.17) is 4.74 Å². The molecule has 0 N–H and O–H groups in total. The van der Waals surface area contributed by atoms with E-state index >= 15 is 0 Å². The van der Waals surface area contributed by atoms with Crippen molar-refractivity contribution in [2.24, 2.45) is 10.2 Å². The Morgan fingerprint density at radius 2 is 1.32 bits per heavy atom. The Hall–Kier alpha value is -3.16. The van der Waals surface area contributed by atoms with Gasteiger partial charge in [-0.1, -0.05) is 0 Å². The first-order valence-electron chi connectivity index (χ1n) is 7.02. The highest BCUT2D eigenvalue weighted by Crippen LogP contribution is 2.22. The molecule has 25 heavy (non-hydrogen) atoms. The summed E-state index contributed by atoms with van der Waals surface area (Å²) in [5.74, 6) is -0.284. The zero-order valence-electron chi connectivity index (χ0n) is 13.0. The number of hydrogen-bond acceptors (Lipinski definition) is 5. The normalized spacial score (nSPS) is 11.8. The van der Waals surface area contributed by atoms with Gasteiger partial charge in [-0.25, -0.2) is 0 Å². The molecule has 8 heteroatoms. The SMILES string of the molecule is CC(=O)Oc1ccc(/C=N/N=C/c2ccc(OC(F)(F)F)cc2)cc1. The summed E-state index contributed by atoms with van der Waals surface area (Å²) >= 11 is 0. The van der Waals surface area contributed by atoms with Crippen molar-refractivity contribution in [1.29, 1.82) is 0 Å². The molecule has 130 valence electrons. The van der Waals surface area contributed by atoms with Crippen molar-refractivity contribution in [2.75, 3.05) is 0 Å². The standard InChI is InChI=1S/C17H13F3N2O3/c1-12(23)24-15-6-2-13(3-7-15)10-21-22-11-14-4-8-16(9-5-14)25-17(18,19)20/h2-11H,1H3/b21-10+,22-11+. The Morgan fingerprint density at radius 3 is 1.72 bits per heavy atom. The van der Waals surface area contributed by atoms with Gasteiger partial charge in [0.2, 0.25) is 0 Å². The van der Waals surface area contributed by atoms with Crippen molar-refractivity contribution < 1.29 is 27.4 Å². The molecule has 0 spiro atoms. The second-order valence-corrected chi connectivity index (χ2v) is 4.77. The molecule has 0 amide bonds. The van der Waals surface area contributed by atoms with Gasteiger partial charge in [0.1, 0.15) is 11.5 Å². The first-order chi connectivity index (χ1) is 11.8. The van der Waals surface area contributed by atoms with Gasteiger partial charge in [0, 0.05) is 6.92 Å². The molecule has 0 bridgehead atoms. The van der Waals surface area contributed by atoms with Crippen molar-refractivity contribution >= 4 is 18.4 Å². The van der Waals surface area contributed by atoms with Gasteiger partial charge in [-0.05, 0) is 59.7 Å². The smallest absolute Gasteiger partial charge is 0.427 e. The lowest BCUT2D eigenvalue weighted by Crippen LogP contribution is -2.16. The van der Waals surface area contributed by atoms with E-state index in [9.17, 15) is 18.0 Å². The van der Waals surface area contributed by atoms with Crippen molar-refractivity contribution in [3.63, 3.8) is 0 Å². The molecule has 0 aliphatic carbocycles. The zero-order chi connectivity index (χ0) is 18.3. The van der Waals surface area contributed by atoms with Gasteiger partial charge in [0.15, 0.2) is 0 Å². The zero-order valence-corrected chi connectivity index (χ0v) is 13.0. The summed E-state index contributed by atoms with van der Waals surface area (Å²) in [4.78, 5) is 10.8. The molecule has 0 heterocycles. The fourth-order valence-electron chi connectivity index (χ4n) is 1.74. The molecule has 2 aromatic rings. The first-order valence-corrected chi connectivity index (χ1v) is 7.02. The Balaban J connectivity index is 1.91. The van der Waals surface area contributed by atoms with Gasteiger partial charge in [-0.15, -0.1) is 13.2 Å². The number of alkyl halides is 3. The number of ether oxygens (including phenoxy) is 2. The first kappa shape index (κ1) is 18.2. The van der Waals surface area contributed by atoms with Crippen LogP contribution < -0.4 is 9.47 Å². The summed E-state index contributed by atoms with van der Waals surface area (Å²) in [6, 6.07) is 11.8. The van der Waals surface area contributed by atoms with Gasteiger partial charge in [-0.3, -0.25) is 4.79 Å². The number of carbonyl (C=O) groups excluding carboxylic acids is 1. The number of hydrogen-bond donors (Lipinski definition) is 0. The molecule has 0 fully saturated rings. The number of carbonyl (C=O) groups is 1. The number of benzene rings is 2. The molecule has 0 aliphatic heterocycles. The maximum absolute atomic E-state index is 12.0. The van der Waals surface area contributed by atoms with E-state index in [-0.39, 0.29) is 5.75 Å². The monoisotopic (exact) mass is 350 g/mol. The Labute approximate surface area is 141 Å². The maximum atomic E-state index is 12.0. The maximum Gasteiger partial charge on any atom is 0.573 e. The summed E-state index contributed by atoms with van der Waals surface area (Å²) in [5.41, 5.74) is 1.30. The van der Waals surface area contributed by atoms with Crippen LogP contribution in [0.2, 0.25) is 0 Å². The molecule has 0 saturated carbocycles. The van der Waals surface area contributed by atoms with Gasteiger partial charge in [0.25, 0.3) is 0 Å². The molecule has 0 radical (unpaired) electrons. The second-order valence-electron chi connectivity index (χ2n) is 4.77. The van der Waals surface area contributed by atoms with Gasteiger partial charge in [0.05, 0.1) is 12.4 Å². The lowest BCUT2D eigenvalue weighted by atomic mass is 10.2. The summed E-state index contributed by atoms with van der Waals surface area (Å²) in [5, 5.41) is 7.64. The Morgan fingerprint density at radius 1 is 0.880 bits per heavy atom. The van der Waals surface area contributed by atoms with Crippen LogP contribution in [0.3, 0.4) is 0 Å². The third kappa shape index (κ3) is 6.86. The number of esters is 1. The fraction of sp³-hybridized carbons (Fsp3) is 0.118. The van der Waals surface area contributed by atoms with Crippen LogP contribution in [-0.4, -0.2) is 24.8 Å². The largest absolute Gasteiger partial charge is 0.573 e. The predicted octanol–water partition coefficient (Wildman–Crippen LogP) is 3.96. The van der Waals surface area contributed by atoms with Crippen molar-refractivity contribution in [3.8, 4) is 11.5 Å². The second kappa shape index (κ2) is 8.09. The van der Waals surface area contributed by atoms with Crippen LogP contribution in [-0.2, 0) is 4.79 Å². The molecular weight excluding hydrogens is 337 g/mol. The predicted molar refractivity (Wildman–Crippen MR) is 86.1 cm³/mol. The fourth-order valence-corrected chi connectivity index (χ4v) is 1.74. The van der Waals surface area contributed by atoms with Crippen molar-refractivity contribution in [1.82, 2.24) is 0 Å². The van der Waals surface area contributed by atoms with Crippen LogP contribution >= 0.6 is 0 Å². The minimum atomic E-state index is -4.72. The summed E-state index contributed by atoms with van der Waals surface area (Å²) < 4.78 is 44.8. The summed E-state index contributed by atoms with van der Waals surface area (Å²) in [7, 11) is 0. The van der Waals surface area contributed by atoms with E-state index in [1.807, 2.05) is 0 Å². The van der Waals surface area contributed by atoms with Crippen LogP contribution in [0, 0.1) is 0 Å². The number of halogens is 3. The van der Waals surface area contributed by atoms with Crippen LogP contribution in [0.15, 0.2) is 58.7 Å². The van der Waals surface area contributed by atoms with E-state index in [0.717, 1.165) is 5.56 Å². The Kier molecular flexibility index (Phi) is 5.89. The third-order valence-corrected chi connectivity index (χ3v) is 2.74. The van der Waals surface area contributed by atoms with Crippen LogP contribution in [0.1, 0.15) is 18.1 Å². The van der Waals surface area contributed by atoms with Gasteiger partial charge in [-0.2, -0.15) is 10.2 Å². The topological polar surface area (TPSA) is 60.2 Å². The molecule has 5 nitrogen and oxygen atoms in total. The molecule has 0 atom stereocenters. The Bertz CT molecular complexity index is 767. The minimum absolute atomic E-state index is 0.305. The summed E-state index contributed by atoms with van der Waals surface area (Å²) in [6.07, 6.45) is -1.85. The van der Waals surface area contributed by atoms with Crippen molar-refractivity contribution in [2.45, 2.75) is 13.3 Å². The van der Waals surface area contributed by atoms with Gasteiger partial charge < -0.3 is 9.47 Å². The average Bonchev–Trinajstić information content (AvgIpc) is 2.53. The van der Waals surface area contributed by atoms with Gasteiger partial charge >= 0.3 is 12.3 Å². The van der Waals surface area contributed by atoms with E-state index in [0.29, 0.717) is 11.3 Å². The molecule has 2 aromatic carbocycles. The lowest BCUT2D eigenvalue weighted by Gasteiger charge is -2.08. The molecular formula is C17H13F3N2O3. The molecule has 2 rings (SSSR count). The quantitative estimate of drug-likeness (QED) is 0.355. The molecule has 0 unspecified atom stereocenters. The molecule has 0 aliphatic rings. The van der Waals surface area contributed by atoms with Crippen LogP contribution in [0.5, 0.6) is 11.5 Å². The molecule has 0 aromatic heterocycles. The van der Waals surface area contributed by atoms with E-state index in [1.54, 1.807) is 24.3 Å². The average molecular weight is 350 g/mol. The highest BCUT2D eigenvalue weighted by Gasteiger charge is 2.30. The van der Waals surface area contributed by atoms with Crippen molar-refractivity contribution in [3.05, 3.63) is 59.7 Å². The van der Waals surface area contributed by atoms with E-state index in [2.05, 4.69) is 14.9 Å². The number of rotatable bonds is 5. The third-order valence-electron chi connectivity index (χ3n) is 2.74. The highest BCUT2D eigenvalue weighted by atomic mass is 19.4. The number of nitrogens with zero attached hydrogens (tertiary/aromatic N) is 2. The molecule has 0 saturated heterocycles. The van der Waals surface area contributed by atoms with Crippen LogP contribution in [0.25, 0.3) is 0 Å². The highest BCUT2D eigenvalue weighted by molar-refractivity contribution is 5.83. The lowest BCUT2D eigenvalue weighted by molar-refractivity contribution is -0.274. The van der Waals surface area contributed by atoms with Crippen LogP contribution in [0.4, 0.5) is 13.2 Å². The summed E-state index contributed by atoms with van der Waals surface area (Å²) in [6.45, 7) is 1.31. The van der Waals surface area contributed by atoms with E-state index < -0.39 is 12.3 Å². The minimum Gasteiger partial charge on any atom is -0.427 e. The van der Waals surface area contributed by atoms with E-state index in [1.165, 1.54) is 43.6 Å².